The minimum Gasteiger partial charge on any atom is -0.207 e. The van der Waals surface area contributed by atoms with Crippen LogP contribution in [0.2, 0.25) is 0 Å². The largest absolute Gasteiger partial charge is 0.240 e. The van der Waals surface area contributed by atoms with Crippen LogP contribution in [0.3, 0.4) is 0 Å². The van der Waals surface area contributed by atoms with Crippen LogP contribution in [0.25, 0.3) is 0 Å². The molecular formula is C13H16ClNO2S. The first-order chi connectivity index (χ1) is 8.62. The van der Waals surface area contributed by atoms with Crippen molar-refractivity contribution < 1.29 is 8.42 Å². The fourth-order valence-electron chi connectivity index (χ4n) is 1.95. The Hall–Kier alpha value is -0.840. The smallest absolute Gasteiger partial charge is 0.207 e. The Morgan fingerprint density at radius 1 is 1.17 bits per heavy atom. The van der Waals surface area contributed by atoms with Gasteiger partial charge in [-0.15, -0.1) is 11.6 Å². The van der Waals surface area contributed by atoms with Gasteiger partial charge in [-0.1, -0.05) is 24.3 Å². The molecule has 1 aromatic carbocycles. The van der Waals surface area contributed by atoms with Gasteiger partial charge in [-0.05, 0) is 37.0 Å². The standard InChI is InChI=1S/C13H16ClNO2S/c14-10-9-11-5-7-13(8-6-11)18(16,17)15-12-3-1-2-4-12/h1-2,5-8,12,15H,3-4,9-10H2. The molecule has 1 aliphatic carbocycles. The van der Waals surface area contributed by atoms with Gasteiger partial charge < -0.3 is 0 Å². The average Bonchev–Trinajstić information content (AvgIpc) is 2.82. The van der Waals surface area contributed by atoms with E-state index in [0.717, 1.165) is 24.8 Å². The van der Waals surface area contributed by atoms with Gasteiger partial charge in [0.15, 0.2) is 0 Å². The summed E-state index contributed by atoms with van der Waals surface area (Å²) in [7, 11) is -3.40. The van der Waals surface area contributed by atoms with Crippen molar-refractivity contribution in [1.29, 1.82) is 0 Å². The second-order valence-corrected chi connectivity index (χ2v) is 6.44. The Bertz CT molecular complexity index is 514. The van der Waals surface area contributed by atoms with Crippen LogP contribution in [0.1, 0.15) is 18.4 Å². The highest BCUT2D eigenvalue weighted by atomic mass is 35.5. The summed E-state index contributed by atoms with van der Waals surface area (Å²) < 4.78 is 26.9. The highest BCUT2D eigenvalue weighted by Crippen LogP contribution is 2.16. The summed E-state index contributed by atoms with van der Waals surface area (Å²) in [5, 5.41) is 0. The van der Waals surface area contributed by atoms with E-state index in [9.17, 15) is 8.42 Å². The summed E-state index contributed by atoms with van der Waals surface area (Å²) >= 11 is 5.64. The number of nitrogens with one attached hydrogen (secondary N) is 1. The van der Waals surface area contributed by atoms with Gasteiger partial charge in [0, 0.05) is 11.9 Å². The molecule has 0 unspecified atom stereocenters. The van der Waals surface area contributed by atoms with Gasteiger partial charge >= 0.3 is 0 Å². The summed E-state index contributed by atoms with van der Waals surface area (Å²) in [5.41, 5.74) is 1.05. The van der Waals surface area contributed by atoms with Gasteiger partial charge in [0.05, 0.1) is 4.90 Å². The van der Waals surface area contributed by atoms with Crippen LogP contribution in [0.4, 0.5) is 0 Å². The van der Waals surface area contributed by atoms with Gasteiger partial charge in [0.25, 0.3) is 0 Å². The van der Waals surface area contributed by atoms with Crippen molar-refractivity contribution in [2.75, 3.05) is 5.88 Å². The van der Waals surface area contributed by atoms with Gasteiger partial charge in [0.2, 0.25) is 10.0 Å². The maximum absolute atomic E-state index is 12.1. The van der Waals surface area contributed by atoms with Crippen molar-refractivity contribution in [3.05, 3.63) is 42.0 Å². The molecule has 3 nitrogen and oxygen atoms in total. The second kappa shape index (κ2) is 5.87. The molecular weight excluding hydrogens is 270 g/mol. The molecule has 0 saturated heterocycles. The summed E-state index contributed by atoms with van der Waals surface area (Å²) in [6.07, 6.45) is 6.28. The Kier molecular flexibility index (Phi) is 4.43. The number of sulfonamides is 1. The van der Waals surface area contributed by atoms with E-state index in [-0.39, 0.29) is 6.04 Å². The summed E-state index contributed by atoms with van der Waals surface area (Å²) in [6.45, 7) is 0. The third-order valence-electron chi connectivity index (χ3n) is 2.95. The highest BCUT2D eigenvalue weighted by molar-refractivity contribution is 7.89. The Labute approximate surface area is 113 Å². The lowest BCUT2D eigenvalue weighted by atomic mass is 10.2. The molecule has 2 rings (SSSR count). The topological polar surface area (TPSA) is 46.2 Å². The quantitative estimate of drug-likeness (QED) is 0.667. The molecule has 0 amide bonds. The first-order valence-electron chi connectivity index (χ1n) is 5.94. The van der Waals surface area contributed by atoms with E-state index in [1.807, 2.05) is 24.3 Å². The van der Waals surface area contributed by atoms with E-state index in [4.69, 9.17) is 11.6 Å². The normalized spacial score (nSPS) is 16.3. The Balaban J connectivity index is 2.08. The lowest BCUT2D eigenvalue weighted by Gasteiger charge is -2.12. The molecule has 0 fully saturated rings. The van der Waals surface area contributed by atoms with Crippen molar-refractivity contribution in [2.45, 2.75) is 30.2 Å². The lowest BCUT2D eigenvalue weighted by molar-refractivity contribution is 0.557. The summed E-state index contributed by atoms with van der Waals surface area (Å²) in [5.74, 6) is 0.540. The van der Waals surface area contributed by atoms with Gasteiger partial charge in [-0.25, -0.2) is 13.1 Å². The minimum absolute atomic E-state index is 0.00230. The van der Waals surface area contributed by atoms with Gasteiger partial charge in [-0.3, -0.25) is 0 Å². The van der Waals surface area contributed by atoms with Crippen molar-refractivity contribution in [1.82, 2.24) is 4.72 Å². The number of benzene rings is 1. The van der Waals surface area contributed by atoms with Gasteiger partial charge in [0.1, 0.15) is 0 Å². The van der Waals surface area contributed by atoms with E-state index < -0.39 is 10.0 Å². The predicted octanol–water partition coefficient (Wildman–Crippen LogP) is 2.46. The lowest BCUT2D eigenvalue weighted by Crippen LogP contribution is -2.32. The number of alkyl halides is 1. The van der Waals surface area contributed by atoms with E-state index in [1.54, 1.807) is 12.1 Å². The number of hydrogen-bond donors (Lipinski definition) is 1. The molecule has 0 aliphatic heterocycles. The summed E-state index contributed by atoms with van der Waals surface area (Å²) in [4.78, 5) is 0.313. The van der Waals surface area contributed by atoms with Gasteiger partial charge in [-0.2, -0.15) is 0 Å². The maximum atomic E-state index is 12.1. The van der Waals surface area contributed by atoms with Crippen LogP contribution in [-0.4, -0.2) is 20.3 Å². The zero-order valence-corrected chi connectivity index (χ0v) is 11.5. The first-order valence-corrected chi connectivity index (χ1v) is 7.96. The fourth-order valence-corrected chi connectivity index (χ4v) is 3.43. The SMILES string of the molecule is O=S(=O)(NC1CC=CC1)c1ccc(CCCl)cc1. The zero-order valence-electron chi connectivity index (χ0n) is 9.97. The van der Waals surface area contributed by atoms with Crippen LogP contribution < -0.4 is 4.72 Å². The molecule has 0 radical (unpaired) electrons. The number of aryl methyl sites for hydroxylation is 1. The number of rotatable bonds is 5. The maximum Gasteiger partial charge on any atom is 0.240 e. The van der Waals surface area contributed by atoms with Crippen molar-refractivity contribution in [3.63, 3.8) is 0 Å². The highest BCUT2D eigenvalue weighted by Gasteiger charge is 2.20. The van der Waals surface area contributed by atoms with E-state index in [1.165, 1.54) is 0 Å². The third kappa shape index (κ3) is 3.34. The zero-order chi connectivity index (χ0) is 13.0. The van der Waals surface area contributed by atoms with E-state index in [2.05, 4.69) is 4.72 Å². The van der Waals surface area contributed by atoms with Crippen molar-refractivity contribution >= 4 is 21.6 Å². The van der Waals surface area contributed by atoms with E-state index in [0.29, 0.717) is 10.8 Å². The van der Waals surface area contributed by atoms with Crippen LogP contribution in [-0.2, 0) is 16.4 Å². The van der Waals surface area contributed by atoms with E-state index >= 15 is 0 Å². The first kappa shape index (κ1) is 13.6. The molecule has 0 bridgehead atoms. The monoisotopic (exact) mass is 285 g/mol. The molecule has 98 valence electrons. The Morgan fingerprint density at radius 2 is 1.78 bits per heavy atom. The number of hydrogen-bond acceptors (Lipinski definition) is 2. The molecule has 0 saturated carbocycles. The van der Waals surface area contributed by atoms with Crippen LogP contribution in [0, 0.1) is 0 Å². The molecule has 1 aliphatic rings. The van der Waals surface area contributed by atoms with Crippen LogP contribution in [0.15, 0.2) is 41.3 Å². The summed E-state index contributed by atoms with van der Waals surface area (Å²) in [6, 6.07) is 6.88. The third-order valence-corrected chi connectivity index (χ3v) is 4.67. The molecule has 0 spiro atoms. The molecule has 5 heteroatoms. The van der Waals surface area contributed by atoms with Crippen LogP contribution >= 0.6 is 11.6 Å². The molecule has 1 N–H and O–H groups in total. The molecule has 0 heterocycles. The fraction of sp³-hybridized carbons (Fsp3) is 0.385. The van der Waals surface area contributed by atoms with Crippen molar-refractivity contribution in [2.24, 2.45) is 0 Å². The molecule has 0 aromatic heterocycles. The minimum atomic E-state index is -3.40. The average molecular weight is 286 g/mol. The predicted molar refractivity (Wildman–Crippen MR) is 73.3 cm³/mol. The molecule has 1 aromatic rings. The second-order valence-electron chi connectivity index (χ2n) is 4.34. The van der Waals surface area contributed by atoms with Crippen molar-refractivity contribution in [3.8, 4) is 0 Å². The molecule has 0 atom stereocenters. The van der Waals surface area contributed by atoms with Crippen LogP contribution in [0.5, 0.6) is 0 Å². The Morgan fingerprint density at radius 3 is 2.33 bits per heavy atom. The number of halogens is 1. The molecule has 18 heavy (non-hydrogen) atoms.